The van der Waals surface area contributed by atoms with E-state index < -0.39 is 0 Å². The molecule has 4 heteroatoms. The molecular formula is C11H15ClN2S. The number of nitrogens with one attached hydrogen (secondary N) is 1. The van der Waals surface area contributed by atoms with Crippen LogP contribution in [0.5, 0.6) is 0 Å². The molecule has 0 amide bonds. The minimum absolute atomic E-state index is 0.491. The molecule has 0 radical (unpaired) electrons. The summed E-state index contributed by atoms with van der Waals surface area (Å²) in [6.45, 7) is 3.30. The maximum absolute atomic E-state index is 5.84. The molecule has 1 atom stereocenters. The van der Waals surface area contributed by atoms with Gasteiger partial charge in [0.05, 0.1) is 5.37 Å². The zero-order valence-corrected chi connectivity index (χ0v) is 10.3. The second-order valence-electron chi connectivity index (χ2n) is 3.78. The average molecular weight is 243 g/mol. The molecule has 1 heterocycles. The first-order valence-corrected chi connectivity index (χ1v) is 6.34. The third-order valence-corrected chi connectivity index (χ3v) is 3.83. The number of halogens is 1. The molecule has 0 bridgehead atoms. The van der Waals surface area contributed by atoms with Crippen LogP contribution in [-0.4, -0.2) is 37.0 Å². The normalized spacial score (nSPS) is 22.9. The summed E-state index contributed by atoms with van der Waals surface area (Å²) >= 11 is 7.71. The highest BCUT2D eigenvalue weighted by molar-refractivity contribution is 8.00. The SMILES string of the molecule is CN1CCNC(Sc2ccc(Cl)cc2)C1. The molecule has 0 saturated carbocycles. The quantitative estimate of drug-likeness (QED) is 0.857. The molecule has 0 spiro atoms. The van der Waals surface area contributed by atoms with Gasteiger partial charge in [-0.3, -0.25) is 0 Å². The van der Waals surface area contributed by atoms with Gasteiger partial charge in [-0.1, -0.05) is 11.6 Å². The molecule has 2 rings (SSSR count). The fraction of sp³-hybridized carbons (Fsp3) is 0.455. The lowest BCUT2D eigenvalue weighted by atomic mass is 10.4. The van der Waals surface area contributed by atoms with Crippen LogP contribution in [0.15, 0.2) is 29.2 Å². The first kappa shape index (κ1) is 11.3. The van der Waals surface area contributed by atoms with Crippen molar-refractivity contribution >= 4 is 23.4 Å². The maximum Gasteiger partial charge on any atom is 0.0708 e. The van der Waals surface area contributed by atoms with E-state index in [9.17, 15) is 0 Å². The van der Waals surface area contributed by atoms with Crippen LogP contribution in [0.1, 0.15) is 0 Å². The lowest BCUT2D eigenvalue weighted by molar-refractivity contribution is 0.278. The summed E-state index contributed by atoms with van der Waals surface area (Å²) in [7, 11) is 2.16. The first-order valence-electron chi connectivity index (χ1n) is 5.08. The van der Waals surface area contributed by atoms with E-state index in [1.165, 1.54) is 4.90 Å². The highest BCUT2D eigenvalue weighted by Gasteiger charge is 2.16. The number of likely N-dealkylation sites (N-methyl/N-ethyl adjacent to an activating group) is 1. The summed E-state index contributed by atoms with van der Waals surface area (Å²) in [5, 5.41) is 4.79. The summed E-state index contributed by atoms with van der Waals surface area (Å²) in [4.78, 5) is 3.62. The van der Waals surface area contributed by atoms with E-state index in [1.54, 1.807) is 0 Å². The molecule has 1 aromatic carbocycles. The number of hydrogen-bond acceptors (Lipinski definition) is 3. The smallest absolute Gasteiger partial charge is 0.0708 e. The topological polar surface area (TPSA) is 15.3 Å². The van der Waals surface area contributed by atoms with Gasteiger partial charge in [-0.15, -0.1) is 11.8 Å². The Labute approximate surface area is 100.0 Å². The van der Waals surface area contributed by atoms with E-state index in [2.05, 4.69) is 29.4 Å². The number of hydrogen-bond donors (Lipinski definition) is 1. The van der Waals surface area contributed by atoms with E-state index in [0.29, 0.717) is 5.37 Å². The van der Waals surface area contributed by atoms with Crippen molar-refractivity contribution in [3.05, 3.63) is 29.3 Å². The third-order valence-electron chi connectivity index (χ3n) is 2.44. The van der Waals surface area contributed by atoms with Gasteiger partial charge in [-0.2, -0.15) is 0 Å². The number of piperazine rings is 1. The van der Waals surface area contributed by atoms with E-state index in [-0.39, 0.29) is 0 Å². The van der Waals surface area contributed by atoms with Crippen molar-refractivity contribution in [1.29, 1.82) is 0 Å². The van der Waals surface area contributed by atoms with Crippen LogP contribution in [0.25, 0.3) is 0 Å². The van der Waals surface area contributed by atoms with E-state index in [1.807, 2.05) is 23.9 Å². The van der Waals surface area contributed by atoms with Crippen molar-refractivity contribution in [2.24, 2.45) is 0 Å². The molecule has 0 aliphatic carbocycles. The van der Waals surface area contributed by atoms with Crippen molar-refractivity contribution in [3.8, 4) is 0 Å². The van der Waals surface area contributed by atoms with Crippen LogP contribution in [0.3, 0.4) is 0 Å². The second kappa shape index (κ2) is 5.21. The summed E-state index contributed by atoms with van der Waals surface area (Å²) in [6.07, 6.45) is 0. The predicted molar refractivity (Wildman–Crippen MR) is 66.6 cm³/mol. The summed E-state index contributed by atoms with van der Waals surface area (Å²) in [5.41, 5.74) is 0. The zero-order valence-electron chi connectivity index (χ0n) is 8.74. The molecule has 1 aromatic rings. The Hall–Kier alpha value is -0.220. The maximum atomic E-state index is 5.84. The van der Waals surface area contributed by atoms with Gasteiger partial charge < -0.3 is 10.2 Å². The van der Waals surface area contributed by atoms with Crippen molar-refractivity contribution in [3.63, 3.8) is 0 Å². The Morgan fingerprint density at radius 3 is 2.80 bits per heavy atom. The highest BCUT2D eigenvalue weighted by atomic mass is 35.5. The molecule has 1 aliphatic heterocycles. The van der Waals surface area contributed by atoms with Crippen LogP contribution < -0.4 is 5.32 Å². The van der Waals surface area contributed by atoms with Gasteiger partial charge in [0, 0.05) is 29.6 Å². The van der Waals surface area contributed by atoms with Crippen LogP contribution in [0.2, 0.25) is 5.02 Å². The lowest BCUT2D eigenvalue weighted by Gasteiger charge is -2.30. The number of rotatable bonds is 2. The molecule has 1 aliphatic rings. The average Bonchev–Trinajstić information content (AvgIpc) is 2.22. The summed E-state index contributed by atoms with van der Waals surface area (Å²) < 4.78 is 0. The number of thioether (sulfide) groups is 1. The lowest BCUT2D eigenvalue weighted by Crippen LogP contribution is -2.47. The fourth-order valence-electron chi connectivity index (χ4n) is 1.61. The van der Waals surface area contributed by atoms with E-state index >= 15 is 0 Å². The van der Waals surface area contributed by atoms with E-state index in [4.69, 9.17) is 11.6 Å². The molecule has 1 fully saturated rings. The molecule has 2 nitrogen and oxygen atoms in total. The largest absolute Gasteiger partial charge is 0.303 e. The van der Waals surface area contributed by atoms with Gasteiger partial charge in [-0.05, 0) is 31.3 Å². The Bertz CT molecular complexity index is 315. The van der Waals surface area contributed by atoms with Gasteiger partial charge in [0.1, 0.15) is 0 Å². The van der Waals surface area contributed by atoms with Crippen molar-refractivity contribution < 1.29 is 0 Å². The molecule has 1 saturated heterocycles. The molecule has 0 aromatic heterocycles. The van der Waals surface area contributed by atoms with Gasteiger partial charge in [0.25, 0.3) is 0 Å². The highest BCUT2D eigenvalue weighted by Crippen LogP contribution is 2.24. The minimum Gasteiger partial charge on any atom is -0.303 e. The summed E-state index contributed by atoms with van der Waals surface area (Å²) in [5.74, 6) is 0. The Kier molecular flexibility index (Phi) is 3.92. The van der Waals surface area contributed by atoms with Gasteiger partial charge in [0.2, 0.25) is 0 Å². The molecule has 15 heavy (non-hydrogen) atoms. The van der Waals surface area contributed by atoms with Gasteiger partial charge in [0.15, 0.2) is 0 Å². The predicted octanol–water partition coefficient (Wildman–Crippen LogP) is 2.29. The Morgan fingerprint density at radius 2 is 2.13 bits per heavy atom. The van der Waals surface area contributed by atoms with Crippen molar-refractivity contribution in [1.82, 2.24) is 10.2 Å². The second-order valence-corrected chi connectivity index (χ2v) is 5.49. The molecule has 1 unspecified atom stereocenters. The Morgan fingerprint density at radius 1 is 1.40 bits per heavy atom. The monoisotopic (exact) mass is 242 g/mol. The van der Waals surface area contributed by atoms with Crippen LogP contribution in [-0.2, 0) is 0 Å². The molecule has 1 N–H and O–H groups in total. The molecular weight excluding hydrogens is 228 g/mol. The van der Waals surface area contributed by atoms with Gasteiger partial charge >= 0.3 is 0 Å². The van der Waals surface area contributed by atoms with Gasteiger partial charge in [-0.25, -0.2) is 0 Å². The Balaban J connectivity index is 1.93. The van der Waals surface area contributed by atoms with Crippen LogP contribution in [0.4, 0.5) is 0 Å². The third kappa shape index (κ3) is 3.38. The van der Waals surface area contributed by atoms with Crippen LogP contribution in [0, 0.1) is 0 Å². The van der Waals surface area contributed by atoms with Crippen molar-refractivity contribution in [2.75, 3.05) is 26.7 Å². The van der Waals surface area contributed by atoms with Crippen molar-refractivity contribution in [2.45, 2.75) is 10.3 Å². The summed E-state index contributed by atoms with van der Waals surface area (Å²) in [6, 6.07) is 8.03. The first-order chi connectivity index (χ1) is 7.24. The van der Waals surface area contributed by atoms with Crippen LogP contribution >= 0.6 is 23.4 Å². The standard InChI is InChI=1S/C11H15ClN2S/c1-14-7-6-13-11(8-14)15-10-4-2-9(12)3-5-10/h2-5,11,13H,6-8H2,1H3. The number of nitrogens with zero attached hydrogens (tertiary/aromatic N) is 1. The molecule has 82 valence electrons. The van der Waals surface area contributed by atoms with E-state index in [0.717, 1.165) is 24.7 Å². The fourth-order valence-corrected chi connectivity index (χ4v) is 2.89. The number of benzene rings is 1. The minimum atomic E-state index is 0.491. The zero-order chi connectivity index (χ0) is 10.7.